The smallest absolute Gasteiger partial charge is 0.238 e. The summed E-state index contributed by atoms with van der Waals surface area (Å²) < 4.78 is 0.970. The van der Waals surface area contributed by atoms with Gasteiger partial charge in [0, 0.05) is 21.8 Å². The highest BCUT2D eigenvalue weighted by molar-refractivity contribution is 9.10. The lowest BCUT2D eigenvalue weighted by Gasteiger charge is -2.30. The Balaban J connectivity index is 1.44. The molecule has 2 aromatic rings. The van der Waals surface area contributed by atoms with Gasteiger partial charge in [0.05, 0.1) is 16.6 Å². The van der Waals surface area contributed by atoms with E-state index in [1.807, 2.05) is 24.3 Å². The molecule has 0 aliphatic carbocycles. The van der Waals surface area contributed by atoms with Crippen molar-refractivity contribution in [2.45, 2.75) is 12.8 Å². The summed E-state index contributed by atoms with van der Waals surface area (Å²) >= 11 is 15.2. The maximum absolute atomic E-state index is 12.4. The van der Waals surface area contributed by atoms with Crippen LogP contribution in [0.2, 0.25) is 10.0 Å². The van der Waals surface area contributed by atoms with Gasteiger partial charge in [-0.15, -0.1) is 0 Å². The highest BCUT2D eigenvalue weighted by atomic mass is 79.9. The van der Waals surface area contributed by atoms with E-state index in [2.05, 4.69) is 31.5 Å². The number of carbonyl (C=O) groups excluding carboxylic acids is 2. The average molecular weight is 485 g/mol. The molecule has 3 rings (SSSR count). The van der Waals surface area contributed by atoms with Crippen LogP contribution in [0.3, 0.4) is 0 Å². The second-order valence-electron chi connectivity index (χ2n) is 6.72. The molecule has 0 bridgehead atoms. The minimum absolute atomic E-state index is 0.0298. The van der Waals surface area contributed by atoms with Crippen molar-refractivity contribution in [3.05, 3.63) is 57.0 Å². The van der Waals surface area contributed by atoms with Gasteiger partial charge in [0.25, 0.3) is 0 Å². The summed E-state index contributed by atoms with van der Waals surface area (Å²) in [4.78, 5) is 26.7. The summed E-state index contributed by atoms with van der Waals surface area (Å²) in [7, 11) is 0. The van der Waals surface area contributed by atoms with Crippen LogP contribution < -0.4 is 10.6 Å². The van der Waals surface area contributed by atoms with Gasteiger partial charge in [0.15, 0.2) is 0 Å². The molecule has 5 nitrogen and oxygen atoms in total. The van der Waals surface area contributed by atoms with Crippen LogP contribution in [0.5, 0.6) is 0 Å². The Kier molecular flexibility index (Phi) is 7.35. The van der Waals surface area contributed by atoms with Crippen molar-refractivity contribution >= 4 is 62.3 Å². The normalized spacial score (nSPS) is 15.2. The minimum atomic E-state index is -0.115. The second-order valence-corrected chi connectivity index (χ2v) is 8.45. The predicted octanol–water partition coefficient (Wildman–Crippen LogP) is 5.05. The maximum atomic E-state index is 12.4. The number of rotatable bonds is 5. The molecule has 2 N–H and O–H groups in total. The lowest BCUT2D eigenvalue weighted by atomic mass is 9.96. The highest BCUT2D eigenvalue weighted by Gasteiger charge is 2.26. The molecule has 2 aromatic carbocycles. The first-order valence-corrected chi connectivity index (χ1v) is 10.5. The molecule has 1 saturated heterocycles. The molecule has 0 unspecified atom stereocenters. The molecular weight excluding hydrogens is 465 g/mol. The van der Waals surface area contributed by atoms with E-state index in [0.717, 1.165) is 23.0 Å². The highest BCUT2D eigenvalue weighted by Crippen LogP contribution is 2.25. The van der Waals surface area contributed by atoms with Gasteiger partial charge in [-0.2, -0.15) is 0 Å². The number of anilines is 2. The Morgan fingerprint density at radius 2 is 1.61 bits per heavy atom. The molecule has 148 valence electrons. The Morgan fingerprint density at radius 3 is 2.25 bits per heavy atom. The van der Waals surface area contributed by atoms with E-state index in [9.17, 15) is 9.59 Å². The zero-order chi connectivity index (χ0) is 20.1. The van der Waals surface area contributed by atoms with Gasteiger partial charge in [0.1, 0.15) is 0 Å². The quantitative estimate of drug-likeness (QED) is 0.624. The second kappa shape index (κ2) is 9.74. The zero-order valence-corrected chi connectivity index (χ0v) is 18.1. The molecule has 0 atom stereocenters. The molecule has 1 aliphatic heterocycles. The van der Waals surface area contributed by atoms with Crippen LogP contribution in [0.15, 0.2) is 46.9 Å². The molecule has 8 heteroatoms. The fraction of sp³-hybridized carbons (Fsp3) is 0.300. The summed E-state index contributed by atoms with van der Waals surface area (Å²) in [6.45, 7) is 1.68. The summed E-state index contributed by atoms with van der Waals surface area (Å²) in [5, 5.41) is 6.63. The number of hydrogen-bond donors (Lipinski definition) is 2. The Morgan fingerprint density at radius 1 is 0.964 bits per heavy atom. The van der Waals surface area contributed by atoms with Gasteiger partial charge < -0.3 is 10.6 Å². The van der Waals surface area contributed by atoms with Crippen molar-refractivity contribution in [1.82, 2.24) is 4.90 Å². The number of benzene rings is 2. The molecule has 2 amide bonds. The predicted molar refractivity (Wildman–Crippen MR) is 117 cm³/mol. The number of likely N-dealkylation sites (tertiary alicyclic amines) is 1. The SMILES string of the molecule is O=C(CN1CCC(C(=O)Nc2ccc(Br)cc2)CC1)Nc1ccc(Cl)c(Cl)c1. The van der Waals surface area contributed by atoms with Crippen LogP contribution in [0, 0.1) is 5.92 Å². The summed E-state index contributed by atoms with van der Waals surface area (Å²) in [5.74, 6) is -0.128. The molecule has 0 saturated carbocycles. The third kappa shape index (κ3) is 5.95. The molecule has 0 spiro atoms. The largest absolute Gasteiger partial charge is 0.326 e. The Bertz CT molecular complexity index is 853. The van der Waals surface area contributed by atoms with Crippen molar-refractivity contribution in [2.75, 3.05) is 30.3 Å². The number of carbonyl (C=O) groups is 2. The summed E-state index contributed by atoms with van der Waals surface area (Å²) in [6, 6.07) is 12.5. The van der Waals surface area contributed by atoms with E-state index >= 15 is 0 Å². The van der Waals surface area contributed by atoms with Crippen LogP contribution >= 0.6 is 39.1 Å². The Labute approximate surface area is 182 Å². The number of amides is 2. The van der Waals surface area contributed by atoms with Gasteiger partial charge in [-0.25, -0.2) is 0 Å². The first-order chi connectivity index (χ1) is 13.4. The lowest BCUT2D eigenvalue weighted by molar-refractivity contribution is -0.121. The van der Waals surface area contributed by atoms with E-state index in [-0.39, 0.29) is 24.3 Å². The number of halogens is 3. The lowest BCUT2D eigenvalue weighted by Crippen LogP contribution is -2.41. The minimum Gasteiger partial charge on any atom is -0.326 e. The molecule has 1 fully saturated rings. The van der Waals surface area contributed by atoms with Gasteiger partial charge in [0.2, 0.25) is 11.8 Å². The average Bonchev–Trinajstić information content (AvgIpc) is 2.67. The number of hydrogen-bond acceptors (Lipinski definition) is 3. The van der Waals surface area contributed by atoms with Crippen molar-refractivity contribution in [1.29, 1.82) is 0 Å². The third-order valence-corrected chi connectivity index (χ3v) is 5.91. The molecule has 0 aromatic heterocycles. The van der Waals surface area contributed by atoms with E-state index < -0.39 is 0 Å². The van der Waals surface area contributed by atoms with Crippen molar-refractivity contribution in [3.8, 4) is 0 Å². The van der Waals surface area contributed by atoms with Crippen LogP contribution in [0.4, 0.5) is 11.4 Å². The van der Waals surface area contributed by atoms with Gasteiger partial charge in [-0.05, 0) is 68.4 Å². The van der Waals surface area contributed by atoms with Gasteiger partial charge in [-0.3, -0.25) is 14.5 Å². The van der Waals surface area contributed by atoms with Crippen LogP contribution in [0.1, 0.15) is 12.8 Å². The first kappa shape index (κ1) is 21.1. The molecule has 28 heavy (non-hydrogen) atoms. The fourth-order valence-corrected chi connectivity index (χ4v) is 3.67. The maximum Gasteiger partial charge on any atom is 0.238 e. The van der Waals surface area contributed by atoms with E-state index in [4.69, 9.17) is 23.2 Å². The number of piperidine rings is 1. The Hall–Kier alpha value is -1.60. The monoisotopic (exact) mass is 483 g/mol. The molecule has 1 heterocycles. The number of nitrogens with one attached hydrogen (secondary N) is 2. The zero-order valence-electron chi connectivity index (χ0n) is 15.1. The van der Waals surface area contributed by atoms with E-state index in [1.54, 1.807) is 18.2 Å². The van der Waals surface area contributed by atoms with Crippen molar-refractivity contribution in [2.24, 2.45) is 5.92 Å². The van der Waals surface area contributed by atoms with Crippen LogP contribution in [-0.2, 0) is 9.59 Å². The third-order valence-electron chi connectivity index (χ3n) is 4.64. The van der Waals surface area contributed by atoms with Crippen molar-refractivity contribution in [3.63, 3.8) is 0 Å². The summed E-state index contributed by atoms with van der Waals surface area (Å²) in [6.07, 6.45) is 1.45. The van der Waals surface area contributed by atoms with Gasteiger partial charge in [-0.1, -0.05) is 39.1 Å². The van der Waals surface area contributed by atoms with Crippen LogP contribution in [0.25, 0.3) is 0 Å². The number of nitrogens with zero attached hydrogens (tertiary/aromatic N) is 1. The van der Waals surface area contributed by atoms with Crippen LogP contribution in [-0.4, -0.2) is 36.3 Å². The van der Waals surface area contributed by atoms with E-state index in [1.165, 1.54) is 0 Å². The first-order valence-electron chi connectivity index (χ1n) is 8.94. The van der Waals surface area contributed by atoms with E-state index in [0.29, 0.717) is 28.8 Å². The standard InChI is InChI=1S/C20H20BrCl2N3O2/c21-14-1-3-15(4-2-14)25-20(28)13-7-9-26(10-8-13)12-19(27)24-16-5-6-17(22)18(23)11-16/h1-6,11,13H,7-10,12H2,(H,24,27)(H,25,28). The molecule has 0 radical (unpaired) electrons. The summed E-state index contributed by atoms with van der Waals surface area (Å²) in [5.41, 5.74) is 1.40. The molecule has 1 aliphatic rings. The molecular formula is C20H20BrCl2N3O2. The topological polar surface area (TPSA) is 61.4 Å². The fourth-order valence-electron chi connectivity index (χ4n) is 3.11. The van der Waals surface area contributed by atoms with Crippen molar-refractivity contribution < 1.29 is 9.59 Å². The van der Waals surface area contributed by atoms with Gasteiger partial charge >= 0.3 is 0 Å².